The van der Waals surface area contributed by atoms with Gasteiger partial charge in [-0.2, -0.15) is 8.62 Å². The first-order valence-corrected chi connectivity index (χ1v) is 15.9. The van der Waals surface area contributed by atoms with E-state index in [2.05, 4.69) is 32.4 Å². The van der Waals surface area contributed by atoms with Crippen LogP contribution in [-0.4, -0.2) is 40.9 Å². The fourth-order valence-corrected chi connectivity index (χ4v) is 4.26. The Balaban J connectivity index is -0.000000530. The van der Waals surface area contributed by atoms with Crippen molar-refractivity contribution in [2.75, 3.05) is 6.61 Å². The molecule has 0 aliphatic carbocycles. The lowest BCUT2D eigenvalue weighted by atomic mass is 10.1. The van der Waals surface area contributed by atoms with E-state index in [0.717, 1.165) is 30.4 Å². The van der Waals surface area contributed by atoms with Crippen molar-refractivity contribution in [2.45, 2.75) is 47.0 Å². The Morgan fingerprint density at radius 2 is 1.28 bits per heavy atom. The zero-order valence-corrected chi connectivity index (χ0v) is 24.0. The highest BCUT2D eigenvalue weighted by Crippen LogP contribution is 2.57. The summed E-state index contributed by atoms with van der Waals surface area (Å²) in [5, 5.41) is 0. The molecule has 1 atom stereocenters. The normalized spacial score (nSPS) is 14.0. The van der Waals surface area contributed by atoms with Gasteiger partial charge in [0.2, 0.25) is 0 Å². The molecule has 0 rings (SSSR count). The molecule has 18 heteroatoms. The maximum atomic E-state index is 11.1. The van der Waals surface area contributed by atoms with Crippen molar-refractivity contribution in [1.29, 1.82) is 0 Å². The van der Waals surface area contributed by atoms with Gasteiger partial charge in [0, 0.05) is 0 Å². The first-order chi connectivity index (χ1) is 16.0. The predicted molar refractivity (Wildman–Crippen MR) is 135 cm³/mol. The first-order valence-electron chi connectivity index (χ1n) is 9.78. The summed E-state index contributed by atoms with van der Waals surface area (Å²) in [6, 6.07) is 0. The minimum Gasteiger partial charge on any atom is -0.302 e. The van der Waals surface area contributed by atoms with Crippen LogP contribution in [0.3, 0.4) is 0 Å². The number of phosphoric acid groups is 4. The minimum absolute atomic E-state index is 0.256. The quantitative estimate of drug-likeness (QED) is 0.0855. The van der Waals surface area contributed by atoms with Crippen LogP contribution in [0.25, 0.3) is 0 Å². The van der Waals surface area contributed by atoms with E-state index in [0.29, 0.717) is 0 Å². The summed E-state index contributed by atoms with van der Waals surface area (Å²) in [6.45, 7) is 14.8. The zero-order valence-electron chi connectivity index (χ0n) is 20.4. The largest absolute Gasteiger partial charge is 0.481 e. The van der Waals surface area contributed by atoms with E-state index in [1.165, 1.54) is 5.57 Å². The average molecular weight is 600 g/mol. The van der Waals surface area contributed by atoms with Crippen LogP contribution in [0.4, 0.5) is 0 Å². The Morgan fingerprint density at radius 1 is 0.806 bits per heavy atom. The molecule has 0 saturated carbocycles. The molecule has 36 heavy (non-hydrogen) atoms. The Hall–Kier alpha value is -0.780. The summed E-state index contributed by atoms with van der Waals surface area (Å²) in [6.07, 6.45) is 12.1. The van der Waals surface area contributed by atoms with Gasteiger partial charge in [0.15, 0.2) is 0 Å². The molecule has 0 aromatic carbocycles. The van der Waals surface area contributed by atoms with Crippen LogP contribution in [0.15, 0.2) is 60.3 Å². The Labute approximate surface area is 211 Å². The number of hydrogen-bond donors (Lipinski definition) is 7. The van der Waals surface area contributed by atoms with Crippen LogP contribution in [0.5, 0.6) is 0 Å². The van der Waals surface area contributed by atoms with Crippen molar-refractivity contribution < 1.29 is 65.7 Å². The van der Waals surface area contributed by atoms with Crippen LogP contribution >= 0.6 is 31.3 Å². The molecule has 0 spiro atoms. The van der Waals surface area contributed by atoms with E-state index in [-0.39, 0.29) is 6.61 Å². The SMILES string of the molecule is C=CCC=CC(=C)C.CC(C)=CCC/C(C)=C/COP(=O)(O)OP(=O)(O)O.O=P(O)(O)OP(=O)(O)O. The second kappa shape index (κ2) is 19.3. The Kier molecular flexibility index (Phi) is 21.3. The van der Waals surface area contributed by atoms with E-state index in [4.69, 9.17) is 34.3 Å². The van der Waals surface area contributed by atoms with Crippen molar-refractivity contribution in [1.82, 2.24) is 0 Å². The minimum atomic E-state index is -5.05. The summed E-state index contributed by atoms with van der Waals surface area (Å²) >= 11 is 0. The van der Waals surface area contributed by atoms with E-state index >= 15 is 0 Å². The van der Waals surface area contributed by atoms with Gasteiger partial charge in [-0.3, -0.25) is 4.52 Å². The molecule has 7 N–H and O–H groups in total. The molecule has 0 aromatic heterocycles. The second-order valence-corrected chi connectivity index (χ2v) is 12.5. The van der Waals surface area contributed by atoms with E-state index < -0.39 is 31.3 Å². The Morgan fingerprint density at radius 3 is 1.61 bits per heavy atom. The molecular weight excluding hydrogens is 564 g/mol. The summed E-state index contributed by atoms with van der Waals surface area (Å²) in [5.74, 6) is 0. The van der Waals surface area contributed by atoms with Gasteiger partial charge in [-0.25, -0.2) is 18.3 Å². The predicted octanol–water partition coefficient (Wildman–Crippen LogP) is 4.79. The molecule has 0 bridgehead atoms. The molecule has 212 valence electrons. The van der Waals surface area contributed by atoms with Crippen molar-refractivity contribution in [3.8, 4) is 0 Å². The third-order valence-electron chi connectivity index (χ3n) is 2.89. The highest BCUT2D eigenvalue weighted by Gasteiger charge is 2.31. The summed E-state index contributed by atoms with van der Waals surface area (Å²) in [5.41, 5.74) is 3.24. The van der Waals surface area contributed by atoms with Gasteiger partial charge < -0.3 is 34.3 Å². The van der Waals surface area contributed by atoms with Crippen LogP contribution in [0.2, 0.25) is 0 Å². The van der Waals surface area contributed by atoms with Gasteiger partial charge in [-0.1, -0.05) is 53.7 Å². The lowest BCUT2D eigenvalue weighted by Gasteiger charge is -2.11. The fraction of sp³-hybridized carbons (Fsp3) is 0.444. The molecule has 14 nitrogen and oxygen atoms in total. The van der Waals surface area contributed by atoms with Crippen LogP contribution in [0, 0.1) is 0 Å². The van der Waals surface area contributed by atoms with Gasteiger partial charge >= 0.3 is 31.3 Å². The van der Waals surface area contributed by atoms with E-state index in [1.807, 2.05) is 45.9 Å². The third kappa shape index (κ3) is 40.4. The van der Waals surface area contributed by atoms with Crippen LogP contribution < -0.4 is 0 Å². The molecule has 0 heterocycles. The second-order valence-electron chi connectivity index (χ2n) is 7.04. The van der Waals surface area contributed by atoms with E-state index in [9.17, 15) is 18.3 Å². The Bertz CT molecular complexity index is 927. The fourth-order valence-electron chi connectivity index (χ4n) is 1.63. The van der Waals surface area contributed by atoms with Crippen LogP contribution in [-0.2, 0) is 31.4 Å². The van der Waals surface area contributed by atoms with Gasteiger partial charge in [-0.05, 0) is 47.0 Å². The highest BCUT2D eigenvalue weighted by molar-refractivity contribution is 7.60. The molecule has 0 aliphatic heterocycles. The topological polar surface area (TPSA) is 238 Å². The van der Waals surface area contributed by atoms with Gasteiger partial charge in [0.1, 0.15) is 0 Å². The van der Waals surface area contributed by atoms with Crippen molar-refractivity contribution in [3.63, 3.8) is 0 Å². The summed E-state index contributed by atoms with van der Waals surface area (Å²) in [7, 11) is -19.9. The molecule has 0 aromatic rings. The van der Waals surface area contributed by atoms with Gasteiger partial charge in [0.25, 0.3) is 0 Å². The molecule has 1 unspecified atom stereocenters. The highest BCUT2D eigenvalue weighted by atomic mass is 31.3. The number of hydrogen-bond acceptors (Lipinski definition) is 7. The smallest absolute Gasteiger partial charge is 0.302 e. The lowest BCUT2D eigenvalue weighted by molar-refractivity contribution is 0.190. The van der Waals surface area contributed by atoms with Crippen molar-refractivity contribution in [2.24, 2.45) is 0 Å². The van der Waals surface area contributed by atoms with E-state index in [1.54, 1.807) is 6.08 Å². The summed E-state index contributed by atoms with van der Waals surface area (Å²) < 4.78 is 51.7. The number of allylic oxidation sites excluding steroid dienone is 7. The standard InChI is InChI=1S/C10H20O7P2.C8H12.H4O7P2/c1-9(2)5-4-6-10(3)7-8-16-19(14,15)17-18(11,12)13;1-4-5-6-7-8(2)3;1-8(2,3)7-9(4,5)6/h5,7H,4,6,8H2,1-3H3,(H,14,15)(H2,11,12,13);4,6-7H,1-2,5H2,3H3;(H2,1,2,3)(H2,4,5,6)/b10-7+;;. The number of rotatable bonds is 13. The molecule has 0 aliphatic rings. The van der Waals surface area contributed by atoms with Gasteiger partial charge in [0.05, 0.1) is 6.61 Å². The molecule has 0 fully saturated rings. The molecule has 0 saturated heterocycles. The third-order valence-corrected chi connectivity index (χ3v) is 6.74. The summed E-state index contributed by atoms with van der Waals surface area (Å²) in [4.78, 5) is 56.8. The average Bonchev–Trinajstić information content (AvgIpc) is 2.57. The maximum Gasteiger partial charge on any atom is 0.481 e. The lowest BCUT2D eigenvalue weighted by Crippen LogP contribution is -1.94. The van der Waals surface area contributed by atoms with Crippen molar-refractivity contribution in [3.05, 3.63) is 60.3 Å². The van der Waals surface area contributed by atoms with Gasteiger partial charge in [-0.15, -0.1) is 6.58 Å². The van der Waals surface area contributed by atoms with Crippen LogP contribution in [0.1, 0.15) is 47.0 Å². The monoisotopic (exact) mass is 600 g/mol. The van der Waals surface area contributed by atoms with Crippen molar-refractivity contribution >= 4 is 31.3 Å². The molecular formula is C18H36O14P4. The zero-order chi connectivity index (χ0) is 29.2. The maximum absolute atomic E-state index is 11.1. The number of phosphoric ester groups is 1. The first kappa shape index (κ1) is 39.7. The molecule has 0 radical (unpaired) electrons. The molecule has 0 amide bonds.